The van der Waals surface area contributed by atoms with Crippen molar-refractivity contribution in [1.82, 2.24) is 5.32 Å². The molecule has 1 rings (SSSR count). The molecule has 6 heteroatoms. The van der Waals surface area contributed by atoms with Crippen molar-refractivity contribution in [3.8, 4) is 0 Å². The van der Waals surface area contributed by atoms with Gasteiger partial charge in [0.25, 0.3) is 5.69 Å². The molecule has 0 spiro atoms. The fourth-order valence-corrected chi connectivity index (χ4v) is 1.71. The molecule has 0 radical (unpaired) electrons. The Morgan fingerprint density at radius 1 is 1.32 bits per heavy atom. The van der Waals surface area contributed by atoms with Crippen LogP contribution in [0, 0.1) is 24.0 Å². The number of benzene rings is 1. The summed E-state index contributed by atoms with van der Waals surface area (Å²) in [4.78, 5) is 22.0. The van der Waals surface area contributed by atoms with Crippen LogP contribution < -0.4 is 10.6 Å². The van der Waals surface area contributed by atoms with Crippen molar-refractivity contribution in [3.63, 3.8) is 0 Å². The third kappa shape index (κ3) is 4.33. The predicted octanol–water partition coefficient (Wildman–Crippen LogP) is 2.15. The zero-order chi connectivity index (χ0) is 14.4. The lowest BCUT2D eigenvalue weighted by molar-refractivity contribution is -0.385. The first kappa shape index (κ1) is 15.1. The summed E-state index contributed by atoms with van der Waals surface area (Å²) in [6, 6.07) is 3.11. The van der Waals surface area contributed by atoms with Gasteiger partial charge < -0.3 is 10.6 Å². The summed E-state index contributed by atoms with van der Waals surface area (Å²) in [6.45, 7) is 6.44. The van der Waals surface area contributed by atoms with Crippen LogP contribution in [-0.2, 0) is 4.79 Å². The Kier molecular flexibility index (Phi) is 5.44. The van der Waals surface area contributed by atoms with Crippen molar-refractivity contribution in [3.05, 3.63) is 33.4 Å². The van der Waals surface area contributed by atoms with E-state index in [1.807, 2.05) is 6.92 Å². The van der Waals surface area contributed by atoms with Gasteiger partial charge in [0.15, 0.2) is 0 Å². The summed E-state index contributed by atoms with van der Waals surface area (Å²) in [6.07, 6.45) is 0.961. The summed E-state index contributed by atoms with van der Waals surface area (Å²) in [5.74, 6) is -0.148. The third-order valence-electron chi connectivity index (χ3n) is 2.73. The van der Waals surface area contributed by atoms with Crippen molar-refractivity contribution in [2.75, 3.05) is 18.4 Å². The number of nitro benzene ring substituents is 1. The molecule has 0 aliphatic rings. The van der Waals surface area contributed by atoms with E-state index in [1.165, 1.54) is 6.07 Å². The molecule has 19 heavy (non-hydrogen) atoms. The van der Waals surface area contributed by atoms with Gasteiger partial charge in [0.05, 0.1) is 11.5 Å². The number of hydrogen-bond donors (Lipinski definition) is 2. The Hall–Kier alpha value is -1.95. The molecule has 0 atom stereocenters. The Morgan fingerprint density at radius 2 is 2.00 bits per heavy atom. The van der Waals surface area contributed by atoms with Crippen LogP contribution in [0.2, 0.25) is 0 Å². The molecule has 0 saturated carbocycles. The quantitative estimate of drug-likeness (QED) is 0.469. The van der Waals surface area contributed by atoms with Crippen LogP contribution in [0.15, 0.2) is 12.1 Å². The number of carbonyl (C=O) groups is 1. The Bertz CT molecular complexity index is 486. The number of aryl methyl sites for hydroxylation is 2. The van der Waals surface area contributed by atoms with Crippen molar-refractivity contribution < 1.29 is 9.72 Å². The van der Waals surface area contributed by atoms with Gasteiger partial charge in [-0.25, -0.2) is 0 Å². The first-order valence-electron chi connectivity index (χ1n) is 6.22. The molecule has 0 aromatic heterocycles. The molecule has 104 valence electrons. The second-order valence-electron chi connectivity index (χ2n) is 4.44. The summed E-state index contributed by atoms with van der Waals surface area (Å²) in [7, 11) is 0. The van der Waals surface area contributed by atoms with E-state index in [9.17, 15) is 14.9 Å². The van der Waals surface area contributed by atoms with E-state index in [0.717, 1.165) is 13.0 Å². The van der Waals surface area contributed by atoms with E-state index in [-0.39, 0.29) is 18.1 Å². The molecule has 0 saturated heterocycles. The van der Waals surface area contributed by atoms with Crippen LogP contribution in [0.3, 0.4) is 0 Å². The van der Waals surface area contributed by atoms with Crippen LogP contribution in [0.4, 0.5) is 11.4 Å². The SMILES string of the molecule is CCCNCC(=O)Nc1cc(C)c([N+](=O)[O-])cc1C. The maximum Gasteiger partial charge on any atom is 0.272 e. The lowest BCUT2D eigenvalue weighted by Crippen LogP contribution is -2.28. The zero-order valence-electron chi connectivity index (χ0n) is 11.4. The highest BCUT2D eigenvalue weighted by molar-refractivity contribution is 5.93. The molecule has 0 aliphatic heterocycles. The molecule has 0 unspecified atom stereocenters. The van der Waals surface area contributed by atoms with E-state index in [1.54, 1.807) is 19.9 Å². The minimum absolute atomic E-state index is 0.0691. The van der Waals surface area contributed by atoms with Gasteiger partial charge in [-0.3, -0.25) is 14.9 Å². The number of nitro groups is 1. The van der Waals surface area contributed by atoms with Crippen LogP contribution in [0.25, 0.3) is 0 Å². The van der Waals surface area contributed by atoms with Crippen molar-refractivity contribution in [2.24, 2.45) is 0 Å². The van der Waals surface area contributed by atoms with Crippen molar-refractivity contribution in [2.45, 2.75) is 27.2 Å². The molecular weight excluding hydrogens is 246 g/mol. The van der Waals surface area contributed by atoms with E-state index in [4.69, 9.17) is 0 Å². The Morgan fingerprint density at radius 3 is 2.58 bits per heavy atom. The van der Waals surface area contributed by atoms with E-state index in [2.05, 4.69) is 10.6 Å². The highest BCUT2D eigenvalue weighted by atomic mass is 16.6. The number of amides is 1. The maximum atomic E-state index is 11.7. The monoisotopic (exact) mass is 265 g/mol. The van der Waals surface area contributed by atoms with Gasteiger partial charge in [0, 0.05) is 17.3 Å². The number of nitrogens with one attached hydrogen (secondary N) is 2. The lowest BCUT2D eigenvalue weighted by atomic mass is 10.1. The predicted molar refractivity (Wildman–Crippen MR) is 74.4 cm³/mol. The number of anilines is 1. The minimum Gasteiger partial charge on any atom is -0.325 e. The first-order valence-corrected chi connectivity index (χ1v) is 6.22. The Balaban J connectivity index is 2.77. The van der Waals surface area contributed by atoms with Gasteiger partial charge in [-0.2, -0.15) is 0 Å². The first-order chi connectivity index (χ1) is 8.95. The summed E-state index contributed by atoms with van der Waals surface area (Å²) in [5, 5.41) is 16.5. The number of hydrogen-bond acceptors (Lipinski definition) is 4. The highest BCUT2D eigenvalue weighted by Crippen LogP contribution is 2.25. The average Bonchev–Trinajstić information content (AvgIpc) is 2.33. The molecule has 6 nitrogen and oxygen atoms in total. The standard InChI is InChI=1S/C13H19N3O3/c1-4-5-14-8-13(17)15-11-6-10(3)12(16(18)19)7-9(11)2/h6-7,14H,4-5,8H2,1-3H3,(H,15,17). The van der Waals surface area contributed by atoms with E-state index < -0.39 is 4.92 Å². The van der Waals surface area contributed by atoms with Crippen molar-refractivity contribution in [1.29, 1.82) is 0 Å². The van der Waals surface area contributed by atoms with Gasteiger partial charge in [-0.15, -0.1) is 0 Å². The summed E-state index contributed by atoms with van der Waals surface area (Å²) in [5.41, 5.74) is 1.90. The number of rotatable bonds is 6. The van der Waals surface area contributed by atoms with Gasteiger partial charge in [0.1, 0.15) is 0 Å². The smallest absolute Gasteiger partial charge is 0.272 e. The normalized spacial score (nSPS) is 10.3. The Labute approximate surface area is 112 Å². The fraction of sp³-hybridized carbons (Fsp3) is 0.462. The molecule has 2 N–H and O–H groups in total. The summed E-state index contributed by atoms with van der Waals surface area (Å²) >= 11 is 0. The van der Waals surface area contributed by atoms with Gasteiger partial charge >= 0.3 is 0 Å². The molecule has 1 aromatic rings. The molecule has 0 fully saturated rings. The molecule has 1 amide bonds. The second kappa shape index (κ2) is 6.84. The topological polar surface area (TPSA) is 84.3 Å². The van der Waals surface area contributed by atoms with Crippen LogP contribution in [-0.4, -0.2) is 23.9 Å². The second-order valence-corrected chi connectivity index (χ2v) is 4.44. The van der Waals surface area contributed by atoms with Gasteiger partial charge in [0.2, 0.25) is 5.91 Å². The number of nitrogens with zero attached hydrogens (tertiary/aromatic N) is 1. The molecule has 1 aromatic carbocycles. The molecule has 0 aliphatic carbocycles. The van der Waals surface area contributed by atoms with E-state index >= 15 is 0 Å². The largest absolute Gasteiger partial charge is 0.325 e. The summed E-state index contributed by atoms with van der Waals surface area (Å²) < 4.78 is 0. The average molecular weight is 265 g/mol. The van der Waals surface area contributed by atoms with E-state index in [0.29, 0.717) is 16.8 Å². The lowest BCUT2D eigenvalue weighted by Gasteiger charge is -2.10. The van der Waals surface area contributed by atoms with Crippen LogP contribution in [0.1, 0.15) is 24.5 Å². The maximum absolute atomic E-state index is 11.7. The third-order valence-corrected chi connectivity index (χ3v) is 2.73. The fourth-order valence-electron chi connectivity index (χ4n) is 1.71. The molecular formula is C13H19N3O3. The van der Waals surface area contributed by atoms with Crippen molar-refractivity contribution >= 4 is 17.3 Å². The number of carbonyl (C=O) groups excluding carboxylic acids is 1. The molecule has 0 heterocycles. The van der Waals surface area contributed by atoms with Gasteiger partial charge in [-0.05, 0) is 38.4 Å². The zero-order valence-corrected chi connectivity index (χ0v) is 11.4. The minimum atomic E-state index is -0.420. The van der Waals surface area contributed by atoms with Crippen LogP contribution >= 0.6 is 0 Å². The van der Waals surface area contributed by atoms with Gasteiger partial charge in [-0.1, -0.05) is 6.92 Å². The van der Waals surface area contributed by atoms with Crippen LogP contribution in [0.5, 0.6) is 0 Å². The highest BCUT2D eigenvalue weighted by Gasteiger charge is 2.14. The molecule has 0 bridgehead atoms.